The van der Waals surface area contributed by atoms with Gasteiger partial charge in [0.2, 0.25) is 0 Å². The van der Waals surface area contributed by atoms with Crippen molar-refractivity contribution in [3.8, 4) is 0 Å². The Balaban J connectivity index is 2.60. The zero-order valence-corrected chi connectivity index (χ0v) is 9.86. The van der Waals surface area contributed by atoms with Crippen LogP contribution in [0, 0.1) is 0 Å². The van der Waals surface area contributed by atoms with Crippen molar-refractivity contribution in [3.63, 3.8) is 0 Å². The maximum absolute atomic E-state index is 11.2. The number of benzene rings is 1. The molecule has 1 atom stereocenters. The third-order valence-electron chi connectivity index (χ3n) is 2.80. The molecule has 1 unspecified atom stereocenters. The summed E-state index contributed by atoms with van der Waals surface area (Å²) in [5, 5.41) is 12.2. The molecule has 3 heteroatoms. The van der Waals surface area contributed by atoms with Crippen LogP contribution in [0.1, 0.15) is 25.8 Å². The highest BCUT2D eigenvalue weighted by Crippen LogP contribution is 2.14. The van der Waals surface area contributed by atoms with Crippen molar-refractivity contribution in [1.82, 2.24) is 5.32 Å². The maximum atomic E-state index is 11.2. The van der Waals surface area contributed by atoms with Gasteiger partial charge in [0, 0.05) is 0 Å². The summed E-state index contributed by atoms with van der Waals surface area (Å²) in [5.74, 6) is -0.787. The Hall–Kier alpha value is -1.35. The Morgan fingerprint density at radius 1 is 1.38 bits per heavy atom. The number of carboxylic acids is 1. The second-order valence-corrected chi connectivity index (χ2v) is 4.15. The largest absolute Gasteiger partial charge is 0.480 e. The molecule has 16 heavy (non-hydrogen) atoms. The minimum atomic E-state index is -0.829. The average molecular weight is 221 g/mol. The molecule has 0 aliphatic rings. The van der Waals surface area contributed by atoms with E-state index in [0.29, 0.717) is 13.0 Å². The molecule has 0 spiro atoms. The first kappa shape index (κ1) is 12.7. The number of aliphatic carboxylic acids is 1. The molecule has 0 fully saturated rings. The molecule has 2 N–H and O–H groups in total. The molecule has 0 heterocycles. The van der Waals surface area contributed by atoms with E-state index in [1.807, 2.05) is 37.3 Å². The molecule has 88 valence electrons. The summed E-state index contributed by atoms with van der Waals surface area (Å²) < 4.78 is 0. The summed E-state index contributed by atoms with van der Waals surface area (Å²) in [6.07, 6.45) is 1.37. The van der Waals surface area contributed by atoms with Gasteiger partial charge in [0.05, 0.1) is 0 Å². The maximum Gasteiger partial charge on any atom is 0.323 e. The van der Waals surface area contributed by atoms with E-state index in [1.165, 1.54) is 5.56 Å². The zero-order valence-electron chi connectivity index (χ0n) is 9.86. The summed E-state index contributed by atoms with van der Waals surface area (Å²) in [5.41, 5.74) is 0.345. The van der Waals surface area contributed by atoms with Crippen LogP contribution in [0.25, 0.3) is 0 Å². The van der Waals surface area contributed by atoms with Crippen LogP contribution in [0.3, 0.4) is 0 Å². The molecule has 0 saturated carbocycles. The molecule has 3 nitrogen and oxygen atoms in total. The van der Waals surface area contributed by atoms with E-state index >= 15 is 0 Å². The van der Waals surface area contributed by atoms with Gasteiger partial charge >= 0.3 is 5.97 Å². The minimum Gasteiger partial charge on any atom is -0.480 e. The van der Waals surface area contributed by atoms with Gasteiger partial charge in [0.15, 0.2) is 0 Å². The lowest BCUT2D eigenvalue weighted by atomic mass is 9.93. The fourth-order valence-electron chi connectivity index (χ4n) is 1.70. The van der Waals surface area contributed by atoms with Gasteiger partial charge in [-0.3, -0.25) is 4.79 Å². The Bertz CT molecular complexity index is 337. The zero-order chi connectivity index (χ0) is 12.0. The summed E-state index contributed by atoms with van der Waals surface area (Å²) >= 11 is 0. The molecule has 1 aromatic rings. The van der Waals surface area contributed by atoms with Crippen LogP contribution in [0.4, 0.5) is 0 Å². The molecule has 0 aliphatic heterocycles. The smallest absolute Gasteiger partial charge is 0.323 e. The highest BCUT2D eigenvalue weighted by Gasteiger charge is 2.31. The molecule has 0 bridgehead atoms. The average Bonchev–Trinajstić information content (AvgIpc) is 2.28. The summed E-state index contributed by atoms with van der Waals surface area (Å²) in [4.78, 5) is 11.2. The molecule has 0 aliphatic carbocycles. The monoisotopic (exact) mass is 221 g/mol. The predicted octanol–water partition coefficient (Wildman–Crippen LogP) is 2.07. The van der Waals surface area contributed by atoms with Crippen molar-refractivity contribution < 1.29 is 9.90 Å². The first-order valence-electron chi connectivity index (χ1n) is 5.61. The number of aryl methyl sites for hydroxylation is 1. The number of nitrogens with one attached hydrogen (secondary N) is 1. The van der Waals surface area contributed by atoms with Gasteiger partial charge < -0.3 is 10.4 Å². The topological polar surface area (TPSA) is 49.3 Å². The van der Waals surface area contributed by atoms with Crippen LogP contribution >= 0.6 is 0 Å². The van der Waals surface area contributed by atoms with Gasteiger partial charge in [-0.1, -0.05) is 37.3 Å². The Morgan fingerprint density at radius 2 is 2.00 bits per heavy atom. The molecule has 0 radical (unpaired) electrons. The second kappa shape index (κ2) is 5.66. The van der Waals surface area contributed by atoms with E-state index in [9.17, 15) is 9.90 Å². The fourth-order valence-corrected chi connectivity index (χ4v) is 1.70. The number of rotatable bonds is 6. The van der Waals surface area contributed by atoms with Crippen LogP contribution in [0.2, 0.25) is 0 Å². The molecule has 1 aromatic carbocycles. The van der Waals surface area contributed by atoms with E-state index in [0.717, 1.165) is 6.42 Å². The summed E-state index contributed by atoms with van der Waals surface area (Å²) in [6, 6.07) is 9.95. The fraction of sp³-hybridized carbons (Fsp3) is 0.462. The van der Waals surface area contributed by atoms with Crippen LogP contribution in [0.15, 0.2) is 30.3 Å². The number of carboxylic acid groups (broad SMARTS) is 1. The Kier molecular flexibility index (Phi) is 4.50. The van der Waals surface area contributed by atoms with Crippen molar-refractivity contribution in [2.45, 2.75) is 32.2 Å². The van der Waals surface area contributed by atoms with Gasteiger partial charge in [-0.15, -0.1) is 0 Å². The lowest BCUT2D eigenvalue weighted by Gasteiger charge is -2.25. The van der Waals surface area contributed by atoms with Crippen LogP contribution in [-0.2, 0) is 11.2 Å². The summed E-state index contributed by atoms with van der Waals surface area (Å²) in [6.45, 7) is 4.32. The van der Waals surface area contributed by atoms with Crippen LogP contribution in [-0.4, -0.2) is 23.2 Å². The highest BCUT2D eigenvalue weighted by molar-refractivity contribution is 5.78. The SMILES string of the molecule is CCNC(C)(CCc1ccccc1)C(=O)O. The van der Waals surface area contributed by atoms with Gasteiger partial charge in [-0.2, -0.15) is 0 Å². The molecular formula is C13H19NO2. The lowest BCUT2D eigenvalue weighted by molar-refractivity contribution is -0.144. The second-order valence-electron chi connectivity index (χ2n) is 4.15. The van der Waals surface area contributed by atoms with Crippen molar-refractivity contribution in [1.29, 1.82) is 0 Å². The third kappa shape index (κ3) is 3.35. The van der Waals surface area contributed by atoms with Crippen molar-refractivity contribution >= 4 is 5.97 Å². The van der Waals surface area contributed by atoms with Gasteiger partial charge in [-0.25, -0.2) is 0 Å². The number of carbonyl (C=O) groups is 1. The quantitative estimate of drug-likeness (QED) is 0.773. The highest BCUT2D eigenvalue weighted by atomic mass is 16.4. The molecule has 0 amide bonds. The number of hydrogen-bond acceptors (Lipinski definition) is 2. The van der Waals surface area contributed by atoms with E-state index in [-0.39, 0.29) is 0 Å². The third-order valence-corrected chi connectivity index (χ3v) is 2.80. The van der Waals surface area contributed by atoms with Crippen LogP contribution in [0.5, 0.6) is 0 Å². The predicted molar refractivity (Wildman–Crippen MR) is 64.5 cm³/mol. The van der Waals surface area contributed by atoms with E-state index in [4.69, 9.17) is 0 Å². The standard InChI is InChI=1S/C13H19NO2/c1-3-14-13(2,12(15)16)10-9-11-7-5-4-6-8-11/h4-8,14H,3,9-10H2,1-2H3,(H,15,16). The van der Waals surface area contributed by atoms with E-state index < -0.39 is 11.5 Å². The number of hydrogen-bond donors (Lipinski definition) is 2. The molecular weight excluding hydrogens is 202 g/mol. The van der Waals surface area contributed by atoms with E-state index in [1.54, 1.807) is 6.92 Å². The lowest BCUT2D eigenvalue weighted by Crippen LogP contribution is -2.49. The number of likely N-dealkylation sites (N-methyl/N-ethyl adjacent to an activating group) is 1. The first-order chi connectivity index (χ1) is 7.58. The van der Waals surface area contributed by atoms with Gasteiger partial charge in [0.1, 0.15) is 5.54 Å². The van der Waals surface area contributed by atoms with Crippen molar-refractivity contribution in [3.05, 3.63) is 35.9 Å². The Labute approximate surface area is 96.5 Å². The van der Waals surface area contributed by atoms with Crippen molar-refractivity contribution in [2.75, 3.05) is 6.54 Å². The molecule has 0 aromatic heterocycles. The van der Waals surface area contributed by atoms with E-state index in [2.05, 4.69) is 5.32 Å². The summed E-state index contributed by atoms with van der Waals surface area (Å²) in [7, 11) is 0. The van der Waals surface area contributed by atoms with Gasteiger partial charge in [0.25, 0.3) is 0 Å². The van der Waals surface area contributed by atoms with Gasteiger partial charge in [-0.05, 0) is 31.9 Å². The normalized spacial score (nSPS) is 14.4. The first-order valence-corrected chi connectivity index (χ1v) is 5.61. The minimum absolute atomic E-state index is 0.597. The Morgan fingerprint density at radius 3 is 2.50 bits per heavy atom. The molecule has 0 saturated heterocycles. The van der Waals surface area contributed by atoms with Crippen molar-refractivity contribution in [2.24, 2.45) is 0 Å². The molecule has 1 rings (SSSR count). The van der Waals surface area contributed by atoms with Crippen LogP contribution < -0.4 is 5.32 Å².